The molecule has 0 fully saturated rings. The lowest BCUT2D eigenvalue weighted by Gasteiger charge is -2.07. The van der Waals surface area contributed by atoms with E-state index in [4.69, 9.17) is 0 Å². The second kappa shape index (κ2) is 6.38. The van der Waals surface area contributed by atoms with Crippen molar-refractivity contribution in [3.63, 3.8) is 0 Å². The summed E-state index contributed by atoms with van der Waals surface area (Å²) in [6, 6.07) is 6.16. The summed E-state index contributed by atoms with van der Waals surface area (Å²) < 4.78 is 28.4. The molecule has 0 spiro atoms. The SMILES string of the molecule is O=C1C=NC(SCc2cccc(OC(F)F)c2)=NC1=O. The Bertz CT molecular complexity index is 602. The zero-order valence-electron chi connectivity index (χ0n) is 9.95. The second-order valence-corrected chi connectivity index (χ2v) is 4.58. The number of aliphatic imine (C=N–C) groups is 2. The minimum atomic E-state index is -2.88. The first-order chi connectivity index (χ1) is 9.54. The van der Waals surface area contributed by atoms with Crippen LogP contribution in [0, 0.1) is 0 Å². The first kappa shape index (κ1) is 14.3. The molecule has 0 aliphatic carbocycles. The molecule has 1 aromatic carbocycles. The van der Waals surface area contributed by atoms with Gasteiger partial charge in [0.25, 0.3) is 5.78 Å². The highest BCUT2D eigenvalue weighted by atomic mass is 32.2. The van der Waals surface area contributed by atoms with Crippen molar-refractivity contribution in [2.45, 2.75) is 12.4 Å². The number of ether oxygens (including phenoxy) is 1. The maximum atomic E-state index is 12.1. The van der Waals surface area contributed by atoms with Crippen molar-refractivity contribution < 1.29 is 23.1 Å². The highest BCUT2D eigenvalue weighted by Crippen LogP contribution is 2.21. The summed E-state index contributed by atoms with van der Waals surface area (Å²) in [5.41, 5.74) is 0.704. The minimum absolute atomic E-state index is 0.0541. The predicted octanol–water partition coefficient (Wildman–Crippen LogP) is 2.06. The molecule has 0 radical (unpaired) electrons. The first-order valence-corrected chi connectivity index (χ1v) is 6.41. The summed E-state index contributed by atoms with van der Waals surface area (Å²) in [5, 5.41) is 0.162. The van der Waals surface area contributed by atoms with Gasteiger partial charge in [-0.05, 0) is 17.7 Å². The van der Waals surface area contributed by atoms with Crippen LogP contribution in [0.1, 0.15) is 5.56 Å². The number of ketones is 1. The molecule has 1 amide bonds. The van der Waals surface area contributed by atoms with Gasteiger partial charge >= 0.3 is 12.5 Å². The largest absolute Gasteiger partial charge is 0.435 e. The number of hydrogen-bond donors (Lipinski definition) is 0. The monoisotopic (exact) mass is 298 g/mol. The third-order valence-electron chi connectivity index (χ3n) is 2.19. The summed E-state index contributed by atoms with van der Waals surface area (Å²) in [4.78, 5) is 29.1. The van der Waals surface area contributed by atoms with Crippen molar-refractivity contribution in [2.24, 2.45) is 9.98 Å². The van der Waals surface area contributed by atoms with E-state index in [1.165, 1.54) is 12.1 Å². The summed E-state index contributed by atoms with van der Waals surface area (Å²) >= 11 is 1.12. The fourth-order valence-electron chi connectivity index (χ4n) is 1.37. The van der Waals surface area contributed by atoms with E-state index in [2.05, 4.69) is 14.7 Å². The molecule has 1 aliphatic heterocycles. The highest BCUT2D eigenvalue weighted by molar-refractivity contribution is 8.13. The maximum absolute atomic E-state index is 12.1. The van der Waals surface area contributed by atoms with Gasteiger partial charge in [0.05, 0.1) is 6.21 Å². The summed E-state index contributed by atoms with van der Waals surface area (Å²) in [7, 11) is 0. The van der Waals surface area contributed by atoms with E-state index in [0.29, 0.717) is 11.3 Å². The second-order valence-electron chi connectivity index (χ2n) is 3.64. The van der Waals surface area contributed by atoms with Crippen LogP contribution in [-0.2, 0) is 15.3 Å². The van der Waals surface area contributed by atoms with Crippen LogP contribution in [0.3, 0.4) is 0 Å². The Morgan fingerprint density at radius 1 is 1.30 bits per heavy atom. The Labute approximate surface area is 116 Å². The number of carbonyl (C=O) groups is 2. The predicted molar refractivity (Wildman–Crippen MR) is 70.3 cm³/mol. The number of Topliss-reactive ketones (excluding diaryl/α,β-unsaturated/α-hetero) is 1. The number of halogens is 2. The Morgan fingerprint density at radius 3 is 2.80 bits per heavy atom. The third-order valence-corrected chi connectivity index (χ3v) is 3.12. The Morgan fingerprint density at radius 2 is 2.10 bits per heavy atom. The Hall–Kier alpha value is -2.09. The number of rotatable bonds is 4. The molecular formula is C12H8F2N2O3S. The van der Waals surface area contributed by atoms with Crippen LogP contribution < -0.4 is 4.74 Å². The Kier molecular flexibility index (Phi) is 4.57. The normalized spacial score (nSPS) is 14.7. The van der Waals surface area contributed by atoms with Crippen molar-refractivity contribution in [1.82, 2.24) is 0 Å². The fraction of sp³-hybridized carbons (Fsp3) is 0.167. The van der Waals surface area contributed by atoms with Crippen LogP contribution in [0.2, 0.25) is 0 Å². The van der Waals surface area contributed by atoms with E-state index >= 15 is 0 Å². The average Bonchev–Trinajstić information content (AvgIpc) is 2.40. The van der Waals surface area contributed by atoms with Crippen molar-refractivity contribution in [3.05, 3.63) is 29.8 Å². The van der Waals surface area contributed by atoms with Crippen LogP contribution in [0.5, 0.6) is 5.75 Å². The molecule has 20 heavy (non-hydrogen) atoms. The molecule has 104 valence electrons. The minimum Gasteiger partial charge on any atom is -0.435 e. The van der Waals surface area contributed by atoms with E-state index in [-0.39, 0.29) is 10.9 Å². The molecule has 1 aliphatic rings. The molecule has 0 unspecified atom stereocenters. The molecule has 2 rings (SSSR count). The number of alkyl halides is 2. The van der Waals surface area contributed by atoms with Crippen molar-refractivity contribution >= 4 is 34.8 Å². The number of nitrogens with zero attached hydrogens (tertiary/aromatic N) is 2. The quantitative estimate of drug-likeness (QED) is 0.798. The molecule has 5 nitrogen and oxygen atoms in total. The highest BCUT2D eigenvalue weighted by Gasteiger charge is 2.16. The molecule has 0 atom stereocenters. The number of thioether (sulfide) groups is 1. The van der Waals surface area contributed by atoms with Crippen LogP contribution in [0.15, 0.2) is 34.3 Å². The third kappa shape index (κ3) is 3.95. The molecule has 0 aromatic heterocycles. The number of benzene rings is 1. The van der Waals surface area contributed by atoms with E-state index in [9.17, 15) is 18.4 Å². The van der Waals surface area contributed by atoms with Gasteiger partial charge in [0.15, 0.2) is 5.17 Å². The van der Waals surface area contributed by atoms with E-state index in [1.807, 2.05) is 0 Å². The molecular weight excluding hydrogens is 290 g/mol. The molecule has 1 heterocycles. The zero-order chi connectivity index (χ0) is 14.5. The lowest BCUT2D eigenvalue weighted by molar-refractivity contribution is -0.131. The van der Waals surface area contributed by atoms with E-state index < -0.39 is 18.3 Å². The van der Waals surface area contributed by atoms with Gasteiger partial charge in [0.1, 0.15) is 5.75 Å². The van der Waals surface area contributed by atoms with Gasteiger partial charge in [0, 0.05) is 5.75 Å². The average molecular weight is 298 g/mol. The Balaban J connectivity index is 1.98. The van der Waals surface area contributed by atoms with Gasteiger partial charge in [-0.3, -0.25) is 9.59 Å². The fourth-order valence-corrected chi connectivity index (χ4v) is 2.12. The van der Waals surface area contributed by atoms with Gasteiger partial charge in [-0.25, -0.2) is 4.99 Å². The van der Waals surface area contributed by atoms with Crippen LogP contribution in [0.4, 0.5) is 8.78 Å². The molecule has 1 aromatic rings. The van der Waals surface area contributed by atoms with Gasteiger partial charge in [-0.1, -0.05) is 23.9 Å². The summed E-state index contributed by atoms with van der Waals surface area (Å²) in [5.74, 6) is -1.21. The molecule has 0 N–H and O–H groups in total. The lowest BCUT2D eigenvalue weighted by Crippen LogP contribution is -2.18. The smallest absolute Gasteiger partial charge is 0.387 e. The van der Waals surface area contributed by atoms with Gasteiger partial charge < -0.3 is 4.74 Å². The van der Waals surface area contributed by atoms with Gasteiger partial charge in [-0.2, -0.15) is 13.8 Å². The van der Waals surface area contributed by atoms with Crippen LogP contribution >= 0.6 is 11.8 Å². The number of carbonyl (C=O) groups excluding carboxylic acids is 2. The molecule has 0 saturated heterocycles. The molecule has 8 heteroatoms. The first-order valence-electron chi connectivity index (χ1n) is 5.42. The standard InChI is InChI=1S/C12H8F2N2O3S/c13-11(14)19-8-3-1-2-7(4-8)6-20-12-15-5-9(17)10(18)16-12/h1-5,11H,6H2. The van der Waals surface area contributed by atoms with E-state index in [1.54, 1.807) is 12.1 Å². The number of hydrogen-bond acceptors (Lipinski definition) is 5. The summed E-state index contributed by atoms with van der Waals surface area (Å²) in [6.45, 7) is -2.88. The summed E-state index contributed by atoms with van der Waals surface area (Å²) in [6.07, 6.45) is 0.911. The van der Waals surface area contributed by atoms with E-state index in [0.717, 1.165) is 18.0 Å². The molecule has 0 bridgehead atoms. The van der Waals surface area contributed by atoms with Crippen molar-refractivity contribution in [2.75, 3.05) is 0 Å². The zero-order valence-corrected chi connectivity index (χ0v) is 10.8. The van der Waals surface area contributed by atoms with Crippen LogP contribution in [-0.4, -0.2) is 29.7 Å². The maximum Gasteiger partial charge on any atom is 0.387 e. The molecule has 0 saturated carbocycles. The van der Waals surface area contributed by atoms with Gasteiger partial charge in [-0.15, -0.1) is 0 Å². The van der Waals surface area contributed by atoms with Crippen molar-refractivity contribution in [3.8, 4) is 5.75 Å². The topological polar surface area (TPSA) is 68.1 Å². The number of amidine groups is 1. The number of amides is 1. The van der Waals surface area contributed by atoms with Crippen molar-refractivity contribution in [1.29, 1.82) is 0 Å². The van der Waals surface area contributed by atoms with Crippen LogP contribution in [0.25, 0.3) is 0 Å². The van der Waals surface area contributed by atoms with Gasteiger partial charge in [0.2, 0.25) is 0 Å². The lowest BCUT2D eigenvalue weighted by atomic mass is 10.2.